The fourth-order valence-corrected chi connectivity index (χ4v) is 3.02. The van der Waals surface area contributed by atoms with E-state index in [9.17, 15) is 14.7 Å². The average Bonchev–Trinajstić information content (AvgIpc) is 2.81. The standard InChI is InChI=1S/C25H25NO5/c1-26(25(29)31-18-21-10-6-3-7-11-21)23(24(27)28)16-19-12-14-22(15-13-19)30-17-20-8-4-2-5-9-20/h2-15,23H,16-18H2,1H3,(H,27,28). The Kier molecular flexibility index (Phi) is 7.65. The number of amides is 1. The molecule has 6 heteroatoms. The third kappa shape index (κ3) is 6.60. The number of aliphatic carboxylic acids is 1. The van der Waals surface area contributed by atoms with Gasteiger partial charge in [0.1, 0.15) is 25.0 Å². The summed E-state index contributed by atoms with van der Waals surface area (Å²) in [6, 6.07) is 25.2. The Morgan fingerprint density at radius 2 is 1.35 bits per heavy atom. The topological polar surface area (TPSA) is 76.1 Å². The van der Waals surface area contributed by atoms with Gasteiger partial charge in [-0.05, 0) is 28.8 Å². The molecule has 0 radical (unpaired) electrons. The lowest BCUT2D eigenvalue weighted by atomic mass is 10.1. The number of carbonyl (C=O) groups excluding carboxylic acids is 1. The molecule has 6 nitrogen and oxygen atoms in total. The van der Waals surface area contributed by atoms with Gasteiger partial charge in [-0.1, -0.05) is 72.8 Å². The van der Waals surface area contributed by atoms with Crippen LogP contribution in [0.15, 0.2) is 84.9 Å². The maximum absolute atomic E-state index is 12.3. The molecular weight excluding hydrogens is 394 g/mol. The van der Waals surface area contributed by atoms with Gasteiger partial charge in [0.2, 0.25) is 0 Å². The van der Waals surface area contributed by atoms with Crippen LogP contribution in [0.3, 0.4) is 0 Å². The Balaban J connectivity index is 1.56. The molecule has 1 atom stereocenters. The van der Waals surface area contributed by atoms with Gasteiger partial charge in [0, 0.05) is 13.5 Å². The number of ether oxygens (including phenoxy) is 2. The van der Waals surface area contributed by atoms with Crippen LogP contribution in [0, 0.1) is 0 Å². The van der Waals surface area contributed by atoms with Gasteiger partial charge in [0.15, 0.2) is 0 Å². The van der Waals surface area contributed by atoms with Gasteiger partial charge >= 0.3 is 12.1 Å². The summed E-state index contributed by atoms with van der Waals surface area (Å²) in [6.45, 7) is 0.539. The molecule has 0 heterocycles. The normalized spacial score (nSPS) is 11.4. The zero-order valence-corrected chi connectivity index (χ0v) is 17.3. The lowest BCUT2D eigenvalue weighted by Gasteiger charge is -2.24. The number of rotatable bonds is 9. The van der Waals surface area contributed by atoms with Crippen LogP contribution in [0.25, 0.3) is 0 Å². The minimum Gasteiger partial charge on any atom is -0.489 e. The molecule has 0 aliphatic heterocycles. The van der Waals surface area contributed by atoms with Gasteiger partial charge in [0.25, 0.3) is 0 Å². The monoisotopic (exact) mass is 419 g/mol. The van der Waals surface area contributed by atoms with Gasteiger partial charge < -0.3 is 14.6 Å². The smallest absolute Gasteiger partial charge is 0.410 e. The molecule has 0 aliphatic carbocycles. The van der Waals surface area contributed by atoms with E-state index in [-0.39, 0.29) is 13.0 Å². The third-order valence-electron chi connectivity index (χ3n) is 4.85. The van der Waals surface area contributed by atoms with E-state index in [2.05, 4.69) is 0 Å². The van der Waals surface area contributed by atoms with Crippen molar-refractivity contribution in [1.82, 2.24) is 4.90 Å². The molecule has 3 aromatic carbocycles. The molecule has 1 amide bonds. The molecule has 1 N–H and O–H groups in total. The summed E-state index contributed by atoms with van der Waals surface area (Å²) in [6.07, 6.45) is -0.523. The molecule has 0 fully saturated rings. The first-order valence-electron chi connectivity index (χ1n) is 9.95. The van der Waals surface area contributed by atoms with Gasteiger partial charge in [-0.2, -0.15) is 0 Å². The van der Waals surface area contributed by atoms with E-state index < -0.39 is 18.1 Å². The molecule has 31 heavy (non-hydrogen) atoms. The van der Waals surface area contributed by atoms with Crippen LogP contribution in [-0.4, -0.2) is 35.2 Å². The second-order valence-corrected chi connectivity index (χ2v) is 7.13. The number of benzene rings is 3. The van der Waals surface area contributed by atoms with Crippen molar-refractivity contribution in [2.24, 2.45) is 0 Å². The highest BCUT2D eigenvalue weighted by Gasteiger charge is 2.28. The van der Waals surface area contributed by atoms with Crippen LogP contribution >= 0.6 is 0 Å². The van der Waals surface area contributed by atoms with Crippen LogP contribution < -0.4 is 4.74 Å². The summed E-state index contributed by atoms with van der Waals surface area (Å²) in [7, 11) is 1.43. The molecule has 1 unspecified atom stereocenters. The van der Waals surface area contributed by atoms with E-state index in [1.165, 1.54) is 7.05 Å². The third-order valence-corrected chi connectivity index (χ3v) is 4.85. The fourth-order valence-electron chi connectivity index (χ4n) is 3.02. The maximum Gasteiger partial charge on any atom is 0.410 e. The van der Waals surface area contributed by atoms with Gasteiger partial charge in [-0.15, -0.1) is 0 Å². The minimum atomic E-state index is -1.09. The summed E-state index contributed by atoms with van der Waals surface area (Å²) in [5.41, 5.74) is 2.68. The molecule has 0 spiro atoms. The number of nitrogens with zero attached hydrogens (tertiary/aromatic N) is 1. The fraction of sp³-hybridized carbons (Fsp3) is 0.200. The van der Waals surface area contributed by atoms with Crippen molar-refractivity contribution in [3.05, 3.63) is 102 Å². The van der Waals surface area contributed by atoms with Crippen molar-refractivity contribution in [3.63, 3.8) is 0 Å². The van der Waals surface area contributed by atoms with E-state index in [1.807, 2.05) is 60.7 Å². The highest BCUT2D eigenvalue weighted by molar-refractivity contribution is 5.80. The second-order valence-electron chi connectivity index (χ2n) is 7.13. The molecule has 0 aromatic heterocycles. The highest BCUT2D eigenvalue weighted by Crippen LogP contribution is 2.17. The van der Waals surface area contributed by atoms with Crippen LogP contribution in [-0.2, 0) is 29.2 Å². The molecular formula is C25H25NO5. The molecule has 0 bridgehead atoms. The van der Waals surface area contributed by atoms with Gasteiger partial charge in [-0.3, -0.25) is 4.90 Å². The van der Waals surface area contributed by atoms with Crippen molar-refractivity contribution < 1.29 is 24.2 Å². The number of carbonyl (C=O) groups is 2. The Labute approximate surface area is 181 Å². The van der Waals surface area contributed by atoms with Crippen LogP contribution in [0.2, 0.25) is 0 Å². The predicted molar refractivity (Wildman–Crippen MR) is 117 cm³/mol. The van der Waals surface area contributed by atoms with E-state index >= 15 is 0 Å². The summed E-state index contributed by atoms with van der Waals surface area (Å²) in [4.78, 5) is 25.2. The number of carboxylic acid groups (broad SMARTS) is 1. The van der Waals surface area contributed by atoms with E-state index in [0.717, 1.165) is 21.6 Å². The number of hydrogen-bond acceptors (Lipinski definition) is 4. The average molecular weight is 419 g/mol. The quantitative estimate of drug-likeness (QED) is 0.551. The Bertz CT molecular complexity index is 974. The lowest BCUT2D eigenvalue weighted by Crippen LogP contribution is -2.44. The zero-order valence-electron chi connectivity index (χ0n) is 17.3. The van der Waals surface area contributed by atoms with E-state index in [1.54, 1.807) is 24.3 Å². The van der Waals surface area contributed by atoms with Crippen molar-refractivity contribution >= 4 is 12.1 Å². The van der Waals surface area contributed by atoms with Crippen molar-refractivity contribution in [2.75, 3.05) is 7.05 Å². The van der Waals surface area contributed by atoms with Crippen LogP contribution in [0.1, 0.15) is 16.7 Å². The predicted octanol–water partition coefficient (Wildman–Crippen LogP) is 4.53. The molecule has 3 aromatic rings. The number of hydrogen-bond donors (Lipinski definition) is 1. The molecule has 0 saturated carbocycles. The Morgan fingerprint density at radius 1 is 0.806 bits per heavy atom. The SMILES string of the molecule is CN(C(=O)OCc1ccccc1)C(Cc1ccc(OCc2ccccc2)cc1)C(=O)O. The summed E-state index contributed by atoms with van der Waals surface area (Å²) in [5.74, 6) is -0.404. The zero-order chi connectivity index (χ0) is 22.1. The first kappa shape index (κ1) is 21.9. The van der Waals surface area contributed by atoms with E-state index in [0.29, 0.717) is 12.4 Å². The van der Waals surface area contributed by atoms with Crippen molar-refractivity contribution in [2.45, 2.75) is 25.7 Å². The summed E-state index contributed by atoms with van der Waals surface area (Å²) < 4.78 is 11.0. The van der Waals surface area contributed by atoms with Crippen molar-refractivity contribution in [1.29, 1.82) is 0 Å². The highest BCUT2D eigenvalue weighted by atomic mass is 16.6. The molecule has 3 rings (SSSR count). The summed E-state index contributed by atoms with van der Waals surface area (Å²) >= 11 is 0. The first-order valence-corrected chi connectivity index (χ1v) is 9.95. The van der Waals surface area contributed by atoms with E-state index in [4.69, 9.17) is 9.47 Å². The molecule has 0 saturated heterocycles. The Hall–Kier alpha value is -3.80. The lowest BCUT2D eigenvalue weighted by molar-refractivity contribution is -0.142. The number of likely N-dealkylation sites (N-methyl/N-ethyl adjacent to an activating group) is 1. The van der Waals surface area contributed by atoms with Crippen molar-refractivity contribution in [3.8, 4) is 5.75 Å². The van der Waals surface area contributed by atoms with Crippen LogP contribution in [0.5, 0.6) is 5.75 Å². The minimum absolute atomic E-state index is 0.0871. The van der Waals surface area contributed by atoms with Gasteiger partial charge in [0.05, 0.1) is 0 Å². The summed E-state index contributed by atoms with van der Waals surface area (Å²) in [5, 5.41) is 9.63. The maximum atomic E-state index is 12.3. The second kappa shape index (κ2) is 10.8. The number of carboxylic acids is 1. The molecule has 0 aliphatic rings. The first-order chi connectivity index (χ1) is 15.0. The molecule has 160 valence electrons. The Morgan fingerprint density at radius 3 is 1.90 bits per heavy atom. The van der Waals surface area contributed by atoms with Gasteiger partial charge in [-0.25, -0.2) is 9.59 Å². The van der Waals surface area contributed by atoms with Crippen LogP contribution in [0.4, 0.5) is 4.79 Å². The largest absolute Gasteiger partial charge is 0.489 e.